The first-order valence-corrected chi connectivity index (χ1v) is 8.09. The number of nitrogens with two attached hydrogens (primary N) is 1. The van der Waals surface area contributed by atoms with Crippen LogP contribution < -0.4 is 11.1 Å². The van der Waals surface area contributed by atoms with Crippen LogP contribution in [0.15, 0.2) is 40.9 Å². The number of hydrogen-bond donors (Lipinski definition) is 2. The average molecular weight is 348 g/mol. The first-order valence-electron chi connectivity index (χ1n) is 6.90. The lowest BCUT2D eigenvalue weighted by Crippen LogP contribution is -2.24. The molecule has 23 heavy (non-hydrogen) atoms. The molecule has 0 saturated heterocycles. The van der Waals surface area contributed by atoms with E-state index >= 15 is 0 Å². The van der Waals surface area contributed by atoms with Crippen LogP contribution in [0.2, 0.25) is 4.34 Å². The highest BCUT2D eigenvalue weighted by molar-refractivity contribution is 7.19. The number of aryl methyl sites for hydroxylation is 1. The Morgan fingerprint density at radius 2 is 2.13 bits per heavy atom. The molecule has 0 unspecified atom stereocenters. The molecule has 0 fully saturated rings. The summed E-state index contributed by atoms with van der Waals surface area (Å²) in [4.78, 5) is 13.2. The average Bonchev–Trinajstić information content (AvgIpc) is 3.12. The van der Waals surface area contributed by atoms with E-state index in [2.05, 4.69) is 10.5 Å². The van der Waals surface area contributed by atoms with Crippen molar-refractivity contribution in [2.75, 3.05) is 5.73 Å². The molecule has 2 heterocycles. The van der Waals surface area contributed by atoms with Crippen LogP contribution in [0.4, 0.5) is 5.88 Å². The lowest BCUT2D eigenvalue weighted by atomic mass is 10.1. The van der Waals surface area contributed by atoms with E-state index in [-0.39, 0.29) is 17.4 Å². The fourth-order valence-electron chi connectivity index (χ4n) is 2.20. The number of carbonyl (C=O) groups is 1. The number of aromatic nitrogens is 1. The zero-order valence-corrected chi connectivity index (χ0v) is 13.9. The van der Waals surface area contributed by atoms with Crippen LogP contribution in [0.25, 0.3) is 10.6 Å². The summed E-state index contributed by atoms with van der Waals surface area (Å²) in [5.74, 6) is -0.335. The monoisotopic (exact) mass is 347 g/mol. The van der Waals surface area contributed by atoms with E-state index < -0.39 is 0 Å². The van der Waals surface area contributed by atoms with Gasteiger partial charge >= 0.3 is 0 Å². The Morgan fingerprint density at radius 1 is 1.35 bits per heavy atom. The van der Waals surface area contributed by atoms with Gasteiger partial charge in [0.05, 0.1) is 9.21 Å². The van der Waals surface area contributed by atoms with E-state index in [1.165, 1.54) is 11.3 Å². The zero-order chi connectivity index (χ0) is 16.4. The number of nitrogens with one attached hydrogen (secondary N) is 1. The molecule has 7 heteroatoms. The van der Waals surface area contributed by atoms with Gasteiger partial charge in [0.1, 0.15) is 11.3 Å². The van der Waals surface area contributed by atoms with Gasteiger partial charge < -0.3 is 15.6 Å². The summed E-state index contributed by atoms with van der Waals surface area (Å²) in [5.41, 5.74) is 8.55. The van der Waals surface area contributed by atoms with Crippen molar-refractivity contribution in [1.29, 1.82) is 0 Å². The second-order valence-corrected chi connectivity index (χ2v) is 6.70. The number of thiophene rings is 1. The summed E-state index contributed by atoms with van der Waals surface area (Å²) in [6, 6.07) is 11.4. The van der Waals surface area contributed by atoms with E-state index in [1.807, 2.05) is 31.2 Å². The van der Waals surface area contributed by atoms with Crippen molar-refractivity contribution < 1.29 is 9.32 Å². The predicted octanol–water partition coefficient (Wildman–Crippen LogP) is 3.88. The Kier molecular flexibility index (Phi) is 4.36. The first-order chi connectivity index (χ1) is 11.1. The van der Waals surface area contributed by atoms with Crippen molar-refractivity contribution in [2.24, 2.45) is 0 Å². The lowest BCUT2D eigenvalue weighted by Gasteiger charge is -2.07. The Hall–Kier alpha value is -2.31. The van der Waals surface area contributed by atoms with Crippen LogP contribution in [0, 0.1) is 6.92 Å². The molecular formula is C16H14ClN3O2S. The number of halogens is 1. The third kappa shape index (κ3) is 3.23. The molecule has 0 bridgehead atoms. The summed E-state index contributed by atoms with van der Waals surface area (Å²) in [5, 5.41) is 6.74. The predicted molar refractivity (Wildman–Crippen MR) is 91.6 cm³/mol. The number of rotatable bonds is 4. The number of nitrogen functional groups attached to an aromatic ring is 1. The van der Waals surface area contributed by atoms with E-state index in [0.717, 1.165) is 16.0 Å². The standard InChI is InChI=1S/C16H14ClN3O2S/c1-9-4-2-3-5-10(9)8-19-16(21)13-14(20-22-15(13)18)11-6-7-12(17)23-11/h2-7H,8,18H2,1H3,(H,19,21). The highest BCUT2D eigenvalue weighted by Gasteiger charge is 2.23. The topological polar surface area (TPSA) is 81.2 Å². The molecule has 0 atom stereocenters. The van der Waals surface area contributed by atoms with Crippen molar-refractivity contribution in [3.05, 3.63) is 57.4 Å². The molecular weight excluding hydrogens is 334 g/mol. The Bertz CT molecular complexity index is 857. The zero-order valence-electron chi connectivity index (χ0n) is 12.3. The number of nitrogens with zero attached hydrogens (tertiary/aromatic N) is 1. The number of hydrogen-bond acceptors (Lipinski definition) is 5. The van der Waals surface area contributed by atoms with Crippen LogP contribution in [0.5, 0.6) is 0 Å². The third-order valence-corrected chi connectivity index (χ3v) is 4.69. The molecule has 1 aromatic carbocycles. The number of anilines is 1. The Labute approximate surface area is 142 Å². The highest BCUT2D eigenvalue weighted by atomic mass is 35.5. The van der Waals surface area contributed by atoms with Gasteiger partial charge in [-0.05, 0) is 30.2 Å². The van der Waals surface area contributed by atoms with E-state index in [0.29, 0.717) is 16.6 Å². The quantitative estimate of drug-likeness (QED) is 0.750. The molecule has 5 nitrogen and oxygen atoms in total. The molecule has 0 aliphatic rings. The van der Waals surface area contributed by atoms with Gasteiger partial charge in [0.25, 0.3) is 5.91 Å². The molecule has 3 N–H and O–H groups in total. The number of carbonyl (C=O) groups excluding carboxylic acids is 1. The minimum Gasteiger partial charge on any atom is -0.367 e. The molecule has 0 saturated carbocycles. The first kappa shape index (κ1) is 15.6. The van der Waals surface area contributed by atoms with Crippen molar-refractivity contribution >= 4 is 34.7 Å². The van der Waals surface area contributed by atoms with Gasteiger partial charge in [0.2, 0.25) is 5.88 Å². The maximum Gasteiger partial charge on any atom is 0.259 e. The van der Waals surface area contributed by atoms with Gasteiger partial charge in [-0.1, -0.05) is 41.0 Å². The fraction of sp³-hybridized carbons (Fsp3) is 0.125. The summed E-state index contributed by atoms with van der Waals surface area (Å²) >= 11 is 7.25. The molecule has 3 rings (SSSR count). The van der Waals surface area contributed by atoms with E-state index in [9.17, 15) is 4.79 Å². The smallest absolute Gasteiger partial charge is 0.259 e. The summed E-state index contributed by atoms with van der Waals surface area (Å²) < 4.78 is 5.59. The van der Waals surface area contributed by atoms with E-state index in [1.54, 1.807) is 12.1 Å². The molecule has 0 radical (unpaired) electrons. The Balaban J connectivity index is 1.83. The number of amides is 1. The summed E-state index contributed by atoms with van der Waals surface area (Å²) in [6.07, 6.45) is 0. The lowest BCUT2D eigenvalue weighted by molar-refractivity contribution is 0.0952. The van der Waals surface area contributed by atoms with Gasteiger partial charge in [-0.2, -0.15) is 0 Å². The summed E-state index contributed by atoms with van der Waals surface area (Å²) in [6.45, 7) is 2.40. The minimum absolute atomic E-state index is 0.00759. The second-order valence-electron chi connectivity index (χ2n) is 4.98. The van der Waals surface area contributed by atoms with E-state index in [4.69, 9.17) is 21.9 Å². The summed E-state index contributed by atoms with van der Waals surface area (Å²) in [7, 11) is 0. The highest BCUT2D eigenvalue weighted by Crippen LogP contribution is 2.34. The largest absolute Gasteiger partial charge is 0.367 e. The van der Waals surface area contributed by atoms with Crippen LogP contribution >= 0.6 is 22.9 Å². The molecule has 0 spiro atoms. The molecule has 0 aliphatic carbocycles. The SMILES string of the molecule is Cc1ccccc1CNC(=O)c1c(-c2ccc(Cl)s2)noc1N. The minimum atomic E-state index is -0.327. The maximum atomic E-state index is 12.5. The van der Waals surface area contributed by atoms with Gasteiger partial charge in [0, 0.05) is 6.54 Å². The fourth-order valence-corrected chi connectivity index (χ4v) is 3.23. The molecule has 3 aromatic rings. The van der Waals surface area contributed by atoms with Crippen LogP contribution in [0.1, 0.15) is 21.5 Å². The van der Waals surface area contributed by atoms with Gasteiger partial charge in [-0.25, -0.2) is 0 Å². The maximum absolute atomic E-state index is 12.5. The molecule has 0 aliphatic heterocycles. The van der Waals surface area contributed by atoms with Crippen LogP contribution in [-0.2, 0) is 6.54 Å². The van der Waals surface area contributed by atoms with Crippen molar-refractivity contribution in [1.82, 2.24) is 10.5 Å². The second kappa shape index (κ2) is 6.44. The third-order valence-electron chi connectivity index (χ3n) is 3.45. The van der Waals surface area contributed by atoms with Crippen molar-refractivity contribution in [2.45, 2.75) is 13.5 Å². The van der Waals surface area contributed by atoms with Gasteiger partial charge in [0.15, 0.2) is 0 Å². The normalized spacial score (nSPS) is 10.7. The van der Waals surface area contributed by atoms with Gasteiger partial charge in [-0.3, -0.25) is 4.79 Å². The van der Waals surface area contributed by atoms with Crippen molar-refractivity contribution in [3.63, 3.8) is 0 Å². The van der Waals surface area contributed by atoms with Crippen molar-refractivity contribution in [3.8, 4) is 10.6 Å². The Morgan fingerprint density at radius 3 is 2.83 bits per heavy atom. The molecule has 118 valence electrons. The molecule has 1 amide bonds. The van der Waals surface area contributed by atoms with Gasteiger partial charge in [-0.15, -0.1) is 11.3 Å². The van der Waals surface area contributed by atoms with Crippen LogP contribution in [0.3, 0.4) is 0 Å². The number of benzene rings is 1. The molecule has 2 aromatic heterocycles. The van der Waals surface area contributed by atoms with Crippen LogP contribution in [-0.4, -0.2) is 11.1 Å².